The molecule has 0 aliphatic heterocycles. The molecule has 0 aliphatic rings. The Morgan fingerprint density at radius 3 is 2.35 bits per heavy atom. The molecule has 1 N–H and O–H groups in total. The van der Waals surface area contributed by atoms with Gasteiger partial charge in [-0.2, -0.15) is 18.2 Å². The maximum Gasteiger partial charge on any atom is 0.416 e. The summed E-state index contributed by atoms with van der Waals surface area (Å²) in [5.41, 5.74) is -1.01. The van der Waals surface area contributed by atoms with Gasteiger partial charge in [-0.05, 0) is 24.3 Å². The van der Waals surface area contributed by atoms with Crippen molar-refractivity contribution in [2.45, 2.75) is 6.18 Å². The molecule has 0 saturated carbocycles. The number of benzene rings is 1. The van der Waals surface area contributed by atoms with Crippen molar-refractivity contribution in [2.24, 2.45) is 7.05 Å². The molecule has 0 radical (unpaired) electrons. The lowest BCUT2D eigenvalue weighted by atomic mass is 10.2. The van der Waals surface area contributed by atoms with E-state index in [-0.39, 0.29) is 17.5 Å². The average Bonchev–Trinajstić information content (AvgIpc) is 2.71. The predicted octanol–water partition coefficient (Wildman–Crippen LogP) is 2.93. The number of aryl methyl sites for hydroxylation is 1. The number of carboxylic acid groups (broad SMARTS) is 1. The highest BCUT2D eigenvalue weighted by molar-refractivity contribution is 5.85. The zero-order chi connectivity index (χ0) is 14.9. The summed E-state index contributed by atoms with van der Waals surface area (Å²) < 4.78 is 43.7. The van der Waals surface area contributed by atoms with E-state index in [1.807, 2.05) is 0 Å². The van der Waals surface area contributed by atoms with E-state index in [4.69, 9.17) is 9.84 Å². The van der Waals surface area contributed by atoms with E-state index in [9.17, 15) is 18.0 Å². The molecule has 0 fully saturated rings. The molecule has 0 saturated heterocycles. The molecule has 0 atom stereocenters. The minimum Gasteiger partial charge on any atom is -0.476 e. The molecule has 106 valence electrons. The molecule has 1 aromatic heterocycles. The van der Waals surface area contributed by atoms with E-state index >= 15 is 0 Å². The van der Waals surface area contributed by atoms with E-state index in [0.29, 0.717) is 0 Å². The number of hydrogen-bond donors (Lipinski definition) is 1. The topological polar surface area (TPSA) is 64.4 Å². The Hall–Kier alpha value is -2.51. The molecule has 2 aromatic rings. The van der Waals surface area contributed by atoms with Crippen molar-refractivity contribution in [1.29, 1.82) is 0 Å². The highest BCUT2D eigenvalue weighted by Crippen LogP contribution is 2.31. The summed E-state index contributed by atoms with van der Waals surface area (Å²) in [6.45, 7) is 0. The van der Waals surface area contributed by atoms with Crippen LogP contribution in [0.4, 0.5) is 13.2 Å². The molecule has 0 unspecified atom stereocenters. The minimum absolute atomic E-state index is 0.0258. The number of ether oxygens (including phenoxy) is 1. The van der Waals surface area contributed by atoms with Crippen LogP contribution in [0.3, 0.4) is 0 Å². The van der Waals surface area contributed by atoms with E-state index < -0.39 is 17.7 Å². The maximum atomic E-state index is 12.4. The summed E-state index contributed by atoms with van der Waals surface area (Å²) in [7, 11) is 1.51. The van der Waals surface area contributed by atoms with Crippen molar-refractivity contribution in [2.75, 3.05) is 0 Å². The van der Waals surface area contributed by atoms with Crippen LogP contribution in [0.25, 0.3) is 0 Å². The van der Waals surface area contributed by atoms with Gasteiger partial charge in [-0.3, -0.25) is 0 Å². The van der Waals surface area contributed by atoms with Crippen molar-refractivity contribution in [3.8, 4) is 11.8 Å². The number of carboxylic acids is 1. The van der Waals surface area contributed by atoms with E-state index in [1.54, 1.807) is 0 Å². The van der Waals surface area contributed by atoms with Crippen LogP contribution in [0.1, 0.15) is 16.1 Å². The monoisotopic (exact) mass is 286 g/mol. The third-order valence-corrected chi connectivity index (χ3v) is 2.44. The first-order chi connectivity index (χ1) is 9.27. The molecule has 0 spiro atoms. The van der Waals surface area contributed by atoms with Gasteiger partial charge in [0.05, 0.1) is 5.56 Å². The van der Waals surface area contributed by atoms with Crippen molar-refractivity contribution < 1.29 is 27.8 Å². The number of aromatic carboxylic acids is 1. The molecule has 20 heavy (non-hydrogen) atoms. The number of alkyl halides is 3. The molecular formula is C12H9F3N2O3. The lowest BCUT2D eigenvalue weighted by Crippen LogP contribution is -2.04. The second-order valence-electron chi connectivity index (χ2n) is 3.95. The van der Waals surface area contributed by atoms with Gasteiger partial charge in [-0.1, -0.05) is 0 Å². The third-order valence-electron chi connectivity index (χ3n) is 2.44. The molecule has 5 nitrogen and oxygen atoms in total. The van der Waals surface area contributed by atoms with Crippen LogP contribution in [0.5, 0.6) is 11.8 Å². The highest BCUT2D eigenvalue weighted by Gasteiger charge is 2.30. The minimum atomic E-state index is -4.42. The van der Waals surface area contributed by atoms with E-state index in [1.165, 1.54) is 17.8 Å². The quantitative estimate of drug-likeness (QED) is 0.942. The molecule has 0 aliphatic carbocycles. The molecule has 0 amide bonds. The first-order valence-corrected chi connectivity index (χ1v) is 5.39. The predicted molar refractivity (Wildman–Crippen MR) is 61.7 cm³/mol. The number of aromatic nitrogens is 2. The largest absolute Gasteiger partial charge is 0.476 e. The zero-order valence-electron chi connectivity index (χ0n) is 10.2. The average molecular weight is 286 g/mol. The van der Waals surface area contributed by atoms with Crippen LogP contribution in [-0.4, -0.2) is 20.6 Å². The summed E-state index contributed by atoms with van der Waals surface area (Å²) >= 11 is 0. The Kier molecular flexibility index (Phi) is 3.39. The fraction of sp³-hybridized carbons (Fsp3) is 0.167. The smallest absolute Gasteiger partial charge is 0.416 e. The van der Waals surface area contributed by atoms with Gasteiger partial charge in [0.2, 0.25) is 0 Å². The number of imidazole rings is 1. The van der Waals surface area contributed by atoms with Crippen molar-refractivity contribution in [3.05, 3.63) is 41.7 Å². The second-order valence-corrected chi connectivity index (χ2v) is 3.95. The van der Waals surface area contributed by atoms with Gasteiger partial charge in [0.1, 0.15) is 5.75 Å². The van der Waals surface area contributed by atoms with Gasteiger partial charge >= 0.3 is 18.2 Å². The molecule has 0 bridgehead atoms. The van der Waals surface area contributed by atoms with Crippen LogP contribution < -0.4 is 4.74 Å². The number of rotatable bonds is 3. The summed E-state index contributed by atoms with van der Waals surface area (Å²) in [5.74, 6) is -1.09. The third kappa shape index (κ3) is 2.90. The Balaban J connectivity index is 2.20. The molecule has 2 rings (SSSR count). The highest BCUT2D eigenvalue weighted by atomic mass is 19.4. The van der Waals surface area contributed by atoms with Crippen LogP contribution in [0.15, 0.2) is 30.5 Å². The summed E-state index contributed by atoms with van der Waals surface area (Å²) in [4.78, 5) is 14.4. The van der Waals surface area contributed by atoms with Gasteiger partial charge in [-0.15, -0.1) is 0 Å². The van der Waals surface area contributed by atoms with E-state index in [2.05, 4.69) is 4.98 Å². The fourth-order valence-electron chi connectivity index (χ4n) is 1.46. The number of carbonyl (C=O) groups is 1. The molecular weight excluding hydrogens is 277 g/mol. The molecule has 1 heterocycles. The fourth-order valence-corrected chi connectivity index (χ4v) is 1.46. The lowest BCUT2D eigenvalue weighted by Gasteiger charge is -2.08. The normalized spacial score (nSPS) is 11.4. The first-order valence-electron chi connectivity index (χ1n) is 5.39. The van der Waals surface area contributed by atoms with Crippen LogP contribution in [0.2, 0.25) is 0 Å². The Morgan fingerprint density at radius 2 is 1.90 bits per heavy atom. The Bertz CT molecular complexity index is 632. The molecule has 8 heteroatoms. The summed E-state index contributed by atoms with van der Waals surface area (Å²) in [6.07, 6.45) is -3.18. The van der Waals surface area contributed by atoms with Crippen molar-refractivity contribution in [3.63, 3.8) is 0 Å². The second kappa shape index (κ2) is 4.87. The maximum absolute atomic E-state index is 12.4. The van der Waals surface area contributed by atoms with Gasteiger partial charge in [0, 0.05) is 13.2 Å². The van der Waals surface area contributed by atoms with Crippen LogP contribution in [-0.2, 0) is 13.2 Å². The van der Waals surface area contributed by atoms with Crippen molar-refractivity contribution >= 4 is 5.97 Å². The zero-order valence-corrected chi connectivity index (χ0v) is 10.2. The number of hydrogen-bond acceptors (Lipinski definition) is 3. The first kappa shape index (κ1) is 13.9. The Labute approximate surface area is 111 Å². The SMILES string of the molecule is Cn1cc(C(=O)O)nc1Oc1ccc(C(F)(F)F)cc1. The van der Waals surface area contributed by atoms with Crippen LogP contribution in [0, 0.1) is 0 Å². The lowest BCUT2D eigenvalue weighted by molar-refractivity contribution is -0.137. The van der Waals surface area contributed by atoms with Gasteiger partial charge in [0.25, 0.3) is 0 Å². The number of nitrogens with zero attached hydrogens (tertiary/aromatic N) is 2. The van der Waals surface area contributed by atoms with Crippen LogP contribution >= 0.6 is 0 Å². The molecule has 1 aromatic carbocycles. The Morgan fingerprint density at radius 1 is 1.30 bits per heavy atom. The van der Waals surface area contributed by atoms with Gasteiger partial charge in [-0.25, -0.2) is 4.79 Å². The van der Waals surface area contributed by atoms with Crippen molar-refractivity contribution in [1.82, 2.24) is 9.55 Å². The van der Waals surface area contributed by atoms with E-state index in [0.717, 1.165) is 24.3 Å². The number of halogens is 3. The standard InChI is InChI=1S/C12H9F3N2O3/c1-17-6-9(10(18)19)16-11(17)20-8-4-2-7(3-5-8)12(13,14)15/h2-6H,1H3,(H,18,19). The van der Waals surface area contributed by atoms with Gasteiger partial charge in [0.15, 0.2) is 5.69 Å². The summed E-state index contributed by atoms with van der Waals surface area (Å²) in [5, 5.41) is 8.76. The summed E-state index contributed by atoms with van der Waals surface area (Å²) in [6, 6.07) is 3.99. The van der Waals surface area contributed by atoms with Gasteiger partial charge < -0.3 is 14.4 Å².